The average molecular weight is 360 g/mol. The number of anilines is 1. The van der Waals surface area contributed by atoms with Crippen LogP contribution in [0.5, 0.6) is 0 Å². The van der Waals surface area contributed by atoms with Crippen LogP contribution in [0.15, 0.2) is 0 Å². The van der Waals surface area contributed by atoms with Crippen LogP contribution in [-0.4, -0.2) is 55.8 Å². The van der Waals surface area contributed by atoms with Crippen molar-refractivity contribution in [2.24, 2.45) is 5.73 Å². The van der Waals surface area contributed by atoms with E-state index in [4.69, 9.17) is 10.5 Å². The number of halogens is 1. The van der Waals surface area contributed by atoms with Gasteiger partial charge < -0.3 is 20.7 Å². The summed E-state index contributed by atoms with van der Waals surface area (Å²) >= 11 is 1.10. The average Bonchev–Trinajstić information content (AvgIpc) is 2.98. The Kier molecular flexibility index (Phi) is 8.62. The molecule has 0 saturated carbocycles. The van der Waals surface area contributed by atoms with E-state index in [0.717, 1.165) is 17.8 Å². The molecule has 1 atom stereocenters. The van der Waals surface area contributed by atoms with Crippen molar-refractivity contribution in [1.29, 1.82) is 0 Å². The molecule has 7 nitrogen and oxygen atoms in total. The topological polar surface area (TPSA) is 97.6 Å². The van der Waals surface area contributed by atoms with Crippen molar-refractivity contribution in [3.05, 3.63) is 10.6 Å². The normalized spacial score (nSPS) is 11.9. The van der Waals surface area contributed by atoms with Gasteiger partial charge in [-0.15, -0.1) is 0 Å². The molecule has 24 heavy (non-hydrogen) atoms. The van der Waals surface area contributed by atoms with Crippen LogP contribution in [0, 0.1) is 0 Å². The van der Waals surface area contributed by atoms with Crippen molar-refractivity contribution >= 4 is 28.3 Å². The molecule has 0 fully saturated rings. The third kappa shape index (κ3) is 5.72. The Morgan fingerprint density at radius 3 is 2.71 bits per heavy atom. The molecule has 1 heterocycles. The fourth-order valence-electron chi connectivity index (χ4n) is 1.93. The van der Waals surface area contributed by atoms with Crippen LogP contribution in [0.25, 0.3) is 0 Å². The van der Waals surface area contributed by atoms with Gasteiger partial charge in [0.25, 0.3) is 5.91 Å². The number of nitrogens with two attached hydrogens (primary N) is 1. The van der Waals surface area contributed by atoms with Gasteiger partial charge in [0.1, 0.15) is 11.6 Å². The molecule has 9 heteroatoms. The zero-order valence-corrected chi connectivity index (χ0v) is 15.1. The van der Waals surface area contributed by atoms with Crippen LogP contribution >= 0.6 is 11.3 Å². The number of alkyl halides is 1. The lowest BCUT2D eigenvalue weighted by Gasteiger charge is -2.20. The van der Waals surface area contributed by atoms with Gasteiger partial charge in [-0.05, 0) is 27.2 Å². The number of amides is 1. The van der Waals surface area contributed by atoms with Gasteiger partial charge in [-0.2, -0.15) is 0 Å². The summed E-state index contributed by atoms with van der Waals surface area (Å²) in [5.41, 5.74) is 5.76. The third-order valence-corrected chi connectivity index (χ3v) is 4.27. The van der Waals surface area contributed by atoms with Gasteiger partial charge in [0.2, 0.25) is 0 Å². The lowest BCUT2D eigenvalue weighted by atomic mass is 10.2. The Morgan fingerprint density at radius 1 is 1.46 bits per heavy atom. The first-order valence-electron chi connectivity index (χ1n) is 7.97. The third-order valence-electron chi connectivity index (χ3n) is 3.18. The Hall–Kier alpha value is -1.74. The number of aromatic nitrogens is 1. The van der Waals surface area contributed by atoms with Gasteiger partial charge in [-0.1, -0.05) is 11.3 Å². The molecule has 0 bridgehead atoms. The second-order valence-corrected chi connectivity index (χ2v) is 6.16. The number of ether oxygens (including phenoxy) is 1. The standard InChI is InChI=1S/C15H25FN4O3S/c1-4-20(9-6-10(3)17)15-19-11(13(21)18-8-7-16)12(24-15)14(22)23-5-2/h10H,4-9,17H2,1-3H3,(H,18,21)/t10-/m1/s1. The summed E-state index contributed by atoms with van der Waals surface area (Å²) in [6, 6.07) is 0.0378. The molecule has 0 unspecified atom stereocenters. The summed E-state index contributed by atoms with van der Waals surface area (Å²) in [5, 5.41) is 2.94. The van der Waals surface area contributed by atoms with E-state index in [9.17, 15) is 14.0 Å². The van der Waals surface area contributed by atoms with E-state index >= 15 is 0 Å². The van der Waals surface area contributed by atoms with Crippen LogP contribution in [0.4, 0.5) is 9.52 Å². The first kappa shape index (κ1) is 20.3. The number of carbonyl (C=O) groups excluding carboxylic acids is 2. The van der Waals surface area contributed by atoms with E-state index in [1.54, 1.807) is 6.92 Å². The van der Waals surface area contributed by atoms with Crippen molar-refractivity contribution in [3.63, 3.8) is 0 Å². The van der Waals surface area contributed by atoms with Gasteiger partial charge >= 0.3 is 5.97 Å². The fraction of sp³-hybridized carbons (Fsp3) is 0.667. The Balaban J connectivity index is 3.09. The quantitative estimate of drug-likeness (QED) is 0.615. The predicted molar refractivity (Wildman–Crippen MR) is 92.5 cm³/mol. The van der Waals surface area contributed by atoms with Crippen molar-refractivity contribution < 1.29 is 18.7 Å². The monoisotopic (exact) mass is 360 g/mol. The summed E-state index contributed by atoms with van der Waals surface area (Å²) in [4.78, 5) is 30.6. The first-order chi connectivity index (χ1) is 11.4. The lowest BCUT2D eigenvalue weighted by molar-refractivity contribution is 0.0528. The van der Waals surface area contributed by atoms with E-state index < -0.39 is 18.6 Å². The number of esters is 1. The Bertz CT molecular complexity index is 551. The van der Waals surface area contributed by atoms with Crippen LogP contribution < -0.4 is 16.0 Å². The molecule has 1 aromatic rings. The molecule has 1 rings (SSSR count). The second kappa shape index (κ2) is 10.2. The SMILES string of the molecule is CCOC(=O)c1sc(N(CC)CC[C@@H](C)N)nc1C(=O)NCCF. The number of nitrogens with one attached hydrogen (secondary N) is 1. The minimum Gasteiger partial charge on any atom is -0.462 e. The molecule has 0 aromatic carbocycles. The van der Waals surface area contributed by atoms with E-state index in [0.29, 0.717) is 18.2 Å². The Labute approximate surface area is 145 Å². The van der Waals surface area contributed by atoms with Crippen molar-refractivity contribution in [2.75, 3.05) is 37.8 Å². The molecule has 0 radical (unpaired) electrons. The molecule has 136 valence electrons. The maximum atomic E-state index is 12.3. The maximum Gasteiger partial charge on any atom is 0.350 e. The zero-order chi connectivity index (χ0) is 18.1. The minimum atomic E-state index is -0.688. The summed E-state index contributed by atoms with van der Waals surface area (Å²) in [7, 11) is 0. The molecule has 0 aliphatic heterocycles. The highest BCUT2D eigenvalue weighted by Gasteiger charge is 2.26. The maximum absolute atomic E-state index is 12.3. The van der Waals surface area contributed by atoms with Crippen LogP contribution in [0.2, 0.25) is 0 Å². The van der Waals surface area contributed by atoms with E-state index in [-0.39, 0.29) is 29.8 Å². The summed E-state index contributed by atoms with van der Waals surface area (Å²) in [6.45, 7) is 6.25. The number of rotatable bonds is 10. The predicted octanol–water partition coefficient (Wildman–Crippen LogP) is 1.58. The number of nitrogens with zero attached hydrogens (tertiary/aromatic N) is 2. The van der Waals surface area contributed by atoms with Gasteiger partial charge in [0, 0.05) is 25.7 Å². The highest BCUT2D eigenvalue weighted by Crippen LogP contribution is 2.27. The van der Waals surface area contributed by atoms with Crippen molar-refractivity contribution in [1.82, 2.24) is 10.3 Å². The van der Waals surface area contributed by atoms with E-state index in [1.807, 2.05) is 18.7 Å². The first-order valence-corrected chi connectivity index (χ1v) is 8.78. The van der Waals surface area contributed by atoms with Gasteiger partial charge in [0.05, 0.1) is 6.61 Å². The smallest absolute Gasteiger partial charge is 0.350 e. The van der Waals surface area contributed by atoms with Crippen LogP contribution in [-0.2, 0) is 4.74 Å². The molecule has 1 aromatic heterocycles. The highest BCUT2D eigenvalue weighted by atomic mass is 32.1. The van der Waals surface area contributed by atoms with Gasteiger partial charge in [-0.3, -0.25) is 4.79 Å². The number of carbonyl (C=O) groups is 2. The molecule has 3 N–H and O–H groups in total. The van der Waals surface area contributed by atoms with Gasteiger partial charge in [-0.25, -0.2) is 14.2 Å². The number of thiazole rings is 1. The molecule has 0 aliphatic carbocycles. The van der Waals surface area contributed by atoms with Crippen molar-refractivity contribution in [3.8, 4) is 0 Å². The summed E-state index contributed by atoms with van der Waals surface area (Å²) in [5.74, 6) is -1.18. The molecule has 0 spiro atoms. The largest absolute Gasteiger partial charge is 0.462 e. The highest BCUT2D eigenvalue weighted by molar-refractivity contribution is 7.17. The second-order valence-electron chi connectivity index (χ2n) is 5.19. The molecule has 0 saturated heterocycles. The minimum absolute atomic E-state index is 0.0267. The lowest BCUT2D eigenvalue weighted by Crippen LogP contribution is -2.29. The van der Waals surface area contributed by atoms with E-state index in [2.05, 4.69) is 10.3 Å². The molecular weight excluding hydrogens is 335 g/mol. The number of hydrogen-bond acceptors (Lipinski definition) is 7. The summed E-state index contributed by atoms with van der Waals surface area (Å²) in [6.07, 6.45) is 0.755. The fourth-order valence-corrected chi connectivity index (χ4v) is 2.97. The Morgan fingerprint density at radius 2 is 2.17 bits per heavy atom. The van der Waals surface area contributed by atoms with E-state index in [1.165, 1.54) is 0 Å². The molecule has 0 aliphatic rings. The van der Waals surface area contributed by atoms with Crippen molar-refractivity contribution in [2.45, 2.75) is 33.2 Å². The summed E-state index contributed by atoms with van der Waals surface area (Å²) < 4.78 is 17.3. The number of hydrogen-bond donors (Lipinski definition) is 2. The van der Waals surface area contributed by atoms with Crippen LogP contribution in [0.1, 0.15) is 47.4 Å². The zero-order valence-electron chi connectivity index (χ0n) is 14.3. The molecular formula is C15H25FN4O3S. The molecule has 1 amide bonds. The van der Waals surface area contributed by atoms with Gasteiger partial charge in [0.15, 0.2) is 10.8 Å². The van der Waals surface area contributed by atoms with Crippen LogP contribution in [0.3, 0.4) is 0 Å².